The van der Waals surface area contributed by atoms with Crippen molar-refractivity contribution in [1.29, 1.82) is 0 Å². The van der Waals surface area contributed by atoms with E-state index in [1.54, 1.807) is 29.2 Å². The van der Waals surface area contributed by atoms with E-state index in [9.17, 15) is 4.79 Å². The van der Waals surface area contributed by atoms with Crippen molar-refractivity contribution in [3.63, 3.8) is 0 Å². The van der Waals surface area contributed by atoms with E-state index < -0.39 is 0 Å². The molecular weight excluding hydrogens is 322 g/mol. The Labute approximate surface area is 148 Å². The maximum atomic E-state index is 12.4. The van der Waals surface area contributed by atoms with E-state index in [-0.39, 0.29) is 6.03 Å². The van der Waals surface area contributed by atoms with Crippen LogP contribution in [0.4, 0.5) is 16.2 Å². The van der Waals surface area contributed by atoms with Crippen molar-refractivity contribution in [2.45, 2.75) is 19.4 Å². The highest BCUT2D eigenvalue weighted by molar-refractivity contribution is 6.30. The van der Waals surface area contributed by atoms with Crippen LogP contribution >= 0.6 is 11.6 Å². The number of hydrogen-bond acceptors (Lipinski definition) is 2. The summed E-state index contributed by atoms with van der Waals surface area (Å²) in [5.74, 6) is 0. The van der Waals surface area contributed by atoms with E-state index in [2.05, 4.69) is 28.4 Å². The Balaban J connectivity index is 1.66. The van der Waals surface area contributed by atoms with Crippen LogP contribution in [-0.4, -0.2) is 31.1 Å². The molecule has 1 aliphatic heterocycles. The van der Waals surface area contributed by atoms with Crippen LogP contribution in [-0.2, 0) is 6.54 Å². The molecule has 1 aliphatic rings. The summed E-state index contributed by atoms with van der Waals surface area (Å²) in [5, 5.41) is 3.55. The summed E-state index contributed by atoms with van der Waals surface area (Å²) in [5.41, 5.74) is 3.15. The number of nitrogens with zero attached hydrogens (tertiary/aromatic N) is 2. The Morgan fingerprint density at radius 1 is 1.12 bits per heavy atom. The van der Waals surface area contributed by atoms with Crippen LogP contribution < -0.4 is 10.2 Å². The Hall–Kier alpha value is -2.20. The molecule has 1 N–H and O–H groups in total. The van der Waals surface area contributed by atoms with E-state index >= 15 is 0 Å². The first-order chi connectivity index (χ1) is 11.6. The minimum absolute atomic E-state index is 0.131. The molecule has 5 heteroatoms. The van der Waals surface area contributed by atoms with Gasteiger partial charge in [0, 0.05) is 43.1 Å². The molecule has 2 aromatic rings. The lowest BCUT2D eigenvalue weighted by atomic mass is 10.1. The molecule has 0 spiro atoms. The third kappa shape index (κ3) is 4.01. The minimum atomic E-state index is -0.131. The molecule has 0 radical (unpaired) electrons. The molecule has 0 saturated carbocycles. The highest BCUT2D eigenvalue weighted by Crippen LogP contribution is 2.25. The zero-order chi connectivity index (χ0) is 16.9. The zero-order valence-electron chi connectivity index (χ0n) is 13.8. The second kappa shape index (κ2) is 7.58. The highest BCUT2D eigenvalue weighted by atomic mass is 35.5. The summed E-state index contributed by atoms with van der Waals surface area (Å²) >= 11 is 5.87. The normalized spacial score (nSPS) is 13.8. The summed E-state index contributed by atoms with van der Waals surface area (Å²) in [7, 11) is 1.81. The van der Waals surface area contributed by atoms with E-state index in [0.29, 0.717) is 11.6 Å². The lowest BCUT2D eigenvalue weighted by Gasteiger charge is -2.24. The molecule has 0 unspecified atom stereocenters. The van der Waals surface area contributed by atoms with Gasteiger partial charge < -0.3 is 15.1 Å². The number of carbonyl (C=O) groups excluding carboxylic acids is 1. The molecule has 4 nitrogen and oxygen atoms in total. The maximum Gasteiger partial charge on any atom is 0.321 e. The van der Waals surface area contributed by atoms with Gasteiger partial charge >= 0.3 is 6.03 Å². The Morgan fingerprint density at radius 2 is 1.79 bits per heavy atom. The number of para-hydroxylation sites is 1. The summed E-state index contributed by atoms with van der Waals surface area (Å²) in [6.07, 6.45) is 2.47. The largest absolute Gasteiger partial charge is 0.371 e. The van der Waals surface area contributed by atoms with Crippen LogP contribution in [0, 0.1) is 0 Å². The molecule has 1 heterocycles. The number of amides is 2. The van der Waals surface area contributed by atoms with Crippen molar-refractivity contribution < 1.29 is 4.79 Å². The molecule has 0 aromatic heterocycles. The van der Waals surface area contributed by atoms with Crippen LogP contribution in [0.3, 0.4) is 0 Å². The third-order valence-electron chi connectivity index (χ3n) is 4.29. The molecule has 24 heavy (non-hydrogen) atoms. The molecule has 0 aliphatic carbocycles. The second-order valence-corrected chi connectivity index (χ2v) is 6.55. The van der Waals surface area contributed by atoms with Crippen molar-refractivity contribution in [2.75, 3.05) is 30.4 Å². The fourth-order valence-electron chi connectivity index (χ4n) is 2.99. The Morgan fingerprint density at radius 3 is 2.50 bits per heavy atom. The number of nitrogens with one attached hydrogen (secondary N) is 1. The minimum Gasteiger partial charge on any atom is -0.371 e. The molecule has 2 amide bonds. The quantitative estimate of drug-likeness (QED) is 0.880. The van der Waals surface area contributed by atoms with Crippen molar-refractivity contribution in [3.05, 3.63) is 59.1 Å². The molecule has 0 bridgehead atoms. The average Bonchev–Trinajstić information content (AvgIpc) is 3.11. The summed E-state index contributed by atoms with van der Waals surface area (Å²) in [6.45, 7) is 2.77. The topological polar surface area (TPSA) is 35.6 Å². The monoisotopic (exact) mass is 343 g/mol. The predicted molar refractivity (Wildman–Crippen MR) is 99.8 cm³/mol. The van der Waals surface area contributed by atoms with Gasteiger partial charge in [-0.25, -0.2) is 4.79 Å². The van der Waals surface area contributed by atoms with Crippen molar-refractivity contribution in [1.82, 2.24) is 4.90 Å². The molecule has 2 aromatic carbocycles. The zero-order valence-corrected chi connectivity index (χ0v) is 14.6. The lowest BCUT2D eigenvalue weighted by Crippen LogP contribution is -2.31. The fourth-order valence-corrected chi connectivity index (χ4v) is 3.12. The number of hydrogen-bond donors (Lipinski definition) is 1. The number of carbonyl (C=O) groups is 1. The van der Waals surface area contributed by atoms with Crippen LogP contribution in [0.15, 0.2) is 48.5 Å². The second-order valence-electron chi connectivity index (χ2n) is 6.12. The summed E-state index contributed by atoms with van der Waals surface area (Å²) in [6, 6.07) is 15.3. The van der Waals surface area contributed by atoms with Gasteiger partial charge in [-0.2, -0.15) is 0 Å². The van der Waals surface area contributed by atoms with Crippen LogP contribution in [0.25, 0.3) is 0 Å². The standard InChI is InChI=1S/C19H22ClN3O/c1-22(19(24)21-17-10-8-16(20)9-11-17)14-15-6-2-3-7-18(15)23-12-4-5-13-23/h2-3,6-11H,4-5,12-14H2,1H3,(H,21,24). The van der Waals surface area contributed by atoms with Gasteiger partial charge in [-0.3, -0.25) is 0 Å². The van der Waals surface area contributed by atoms with Crippen molar-refractivity contribution >= 4 is 29.0 Å². The van der Waals surface area contributed by atoms with Gasteiger partial charge in [0.2, 0.25) is 0 Å². The van der Waals surface area contributed by atoms with Gasteiger partial charge in [0.25, 0.3) is 0 Å². The highest BCUT2D eigenvalue weighted by Gasteiger charge is 2.17. The summed E-state index contributed by atoms with van der Waals surface area (Å²) in [4.78, 5) is 16.5. The van der Waals surface area contributed by atoms with E-state index in [0.717, 1.165) is 18.8 Å². The van der Waals surface area contributed by atoms with Gasteiger partial charge in [0.15, 0.2) is 0 Å². The fraction of sp³-hybridized carbons (Fsp3) is 0.316. The van der Waals surface area contributed by atoms with Crippen molar-refractivity contribution in [2.24, 2.45) is 0 Å². The molecule has 1 fully saturated rings. The third-order valence-corrected chi connectivity index (χ3v) is 4.54. The van der Waals surface area contributed by atoms with Gasteiger partial charge in [-0.1, -0.05) is 29.8 Å². The predicted octanol–water partition coefficient (Wildman–Crippen LogP) is 4.60. The van der Waals surface area contributed by atoms with Gasteiger partial charge in [-0.05, 0) is 48.7 Å². The van der Waals surface area contributed by atoms with E-state index in [4.69, 9.17) is 11.6 Å². The van der Waals surface area contributed by atoms with E-state index in [1.165, 1.54) is 24.1 Å². The van der Waals surface area contributed by atoms with Crippen LogP contribution in [0.2, 0.25) is 5.02 Å². The molecule has 0 atom stereocenters. The van der Waals surface area contributed by atoms with E-state index in [1.807, 2.05) is 13.1 Å². The number of anilines is 2. The van der Waals surface area contributed by atoms with Crippen molar-refractivity contribution in [3.8, 4) is 0 Å². The summed E-state index contributed by atoms with van der Waals surface area (Å²) < 4.78 is 0. The van der Waals surface area contributed by atoms with Gasteiger partial charge in [-0.15, -0.1) is 0 Å². The van der Waals surface area contributed by atoms with Crippen LogP contribution in [0.1, 0.15) is 18.4 Å². The number of halogens is 1. The SMILES string of the molecule is CN(Cc1ccccc1N1CCCC1)C(=O)Nc1ccc(Cl)cc1. The lowest BCUT2D eigenvalue weighted by molar-refractivity contribution is 0.220. The maximum absolute atomic E-state index is 12.4. The Bertz CT molecular complexity index is 696. The Kier molecular flexibility index (Phi) is 5.26. The van der Waals surface area contributed by atoms with Crippen LogP contribution in [0.5, 0.6) is 0 Å². The first kappa shape index (κ1) is 16.7. The molecule has 1 saturated heterocycles. The first-order valence-electron chi connectivity index (χ1n) is 8.24. The van der Waals surface area contributed by atoms with Gasteiger partial charge in [0.1, 0.15) is 0 Å². The number of benzene rings is 2. The molecular formula is C19H22ClN3O. The molecule has 3 rings (SSSR count). The number of rotatable bonds is 4. The number of urea groups is 1. The molecule has 126 valence electrons. The average molecular weight is 344 g/mol. The smallest absolute Gasteiger partial charge is 0.321 e. The van der Waals surface area contributed by atoms with Gasteiger partial charge in [0.05, 0.1) is 0 Å². The first-order valence-corrected chi connectivity index (χ1v) is 8.62.